The first-order chi connectivity index (χ1) is 12.6. The molecule has 1 aliphatic heterocycles. The zero-order valence-corrected chi connectivity index (χ0v) is 16.1. The van der Waals surface area contributed by atoms with Crippen LogP contribution in [-0.2, 0) is 4.79 Å². The standard InChI is InChI=1S/C18H17IN2O5/c1-2-24-15-8-11(7-12(19)17(15)22)9-20-21-18(23)16-10-25-13-5-3-4-6-14(13)26-16/h3-9,16,22H,2,10H2,1H3,(H,21,23)/b20-9-/t16-/m0/s1. The van der Waals surface area contributed by atoms with Gasteiger partial charge >= 0.3 is 0 Å². The van der Waals surface area contributed by atoms with Gasteiger partial charge in [0.15, 0.2) is 23.0 Å². The molecule has 1 atom stereocenters. The molecule has 0 unspecified atom stereocenters. The van der Waals surface area contributed by atoms with Crippen LogP contribution >= 0.6 is 22.6 Å². The highest BCUT2D eigenvalue weighted by molar-refractivity contribution is 14.1. The molecule has 0 radical (unpaired) electrons. The Morgan fingerprint density at radius 1 is 1.42 bits per heavy atom. The molecule has 2 N–H and O–H groups in total. The second-order valence-electron chi connectivity index (χ2n) is 5.38. The number of hydrogen-bond acceptors (Lipinski definition) is 6. The van der Waals surface area contributed by atoms with Crippen molar-refractivity contribution in [3.63, 3.8) is 0 Å². The van der Waals surface area contributed by atoms with E-state index < -0.39 is 12.0 Å². The lowest BCUT2D eigenvalue weighted by molar-refractivity contribution is -0.130. The van der Waals surface area contributed by atoms with Crippen LogP contribution in [0.3, 0.4) is 0 Å². The van der Waals surface area contributed by atoms with E-state index in [1.807, 2.05) is 41.6 Å². The second kappa shape index (κ2) is 8.26. The van der Waals surface area contributed by atoms with Gasteiger partial charge < -0.3 is 19.3 Å². The van der Waals surface area contributed by atoms with E-state index >= 15 is 0 Å². The van der Waals surface area contributed by atoms with E-state index in [0.717, 1.165) is 0 Å². The highest BCUT2D eigenvalue weighted by Crippen LogP contribution is 2.32. The van der Waals surface area contributed by atoms with Gasteiger partial charge in [0.2, 0.25) is 6.10 Å². The number of amides is 1. The monoisotopic (exact) mass is 468 g/mol. The zero-order chi connectivity index (χ0) is 18.5. The van der Waals surface area contributed by atoms with Crippen molar-refractivity contribution in [2.45, 2.75) is 13.0 Å². The molecule has 136 valence electrons. The first-order valence-corrected chi connectivity index (χ1v) is 9.03. The van der Waals surface area contributed by atoms with Gasteiger partial charge in [-0.25, -0.2) is 5.43 Å². The molecule has 1 amide bonds. The van der Waals surface area contributed by atoms with Gasteiger partial charge in [-0.1, -0.05) is 12.1 Å². The topological polar surface area (TPSA) is 89.4 Å². The predicted molar refractivity (Wildman–Crippen MR) is 104 cm³/mol. The maximum absolute atomic E-state index is 12.2. The number of phenols is 1. The van der Waals surface area contributed by atoms with Crippen LogP contribution in [0, 0.1) is 3.57 Å². The third-order valence-electron chi connectivity index (χ3n) is 3.54. The van der Waals surface area contributed by atoms with E-state index in [0.29, 0.717) is 33.0 Å². The number of hydrogen-bond donors (Lipinski definition) is 2. The molecule has 0 saturated carbocycles. The lowest BCUT2D eigenvalue weighted by Crippen LogP contribution is -2.42. The Hall–Kier alpha value is -2.49. The lowest BCUT2D eigenvalue weighted by atomic mass is 10.2. The maximum Gasteiger partial charge on any atom is 0.284 e. The fraction of sp³-hybridized carbons (Fsp3) is 0.222. The Bertz CT molecular complexity index is 840. The van der Waals surface area contributed by atoms with Crippen LogP contribution in [0.4, 0.5) is 0 Å². The fourth-order valence-corrected chi connectivity index (χ4v) is 2.95. The molecule has 1 aliphatic rings. The minimum Gasteiger partial charge on any atom is -0.504 e. The van der Waals surface area contributed by atoms with E-state index in [1.54, 1.807) is 24.3 Å². The minimum absolute atomic E-state index is 0.0834. The molecule has 0 saturated heterocycles. The Kier molecular flexibility index (Phi) is 5.82. The highest BCUT2D eigenvalue weighted by atomic mass is 127. The summed E-state index contributed by atoms with van der Waals surface area (Å²) in [4.78, 5) is 12.2. The van der Waals surface area contributed by atoms with Gasteiger partial charge in [-0.2, -0.15) is 5.10 Å². The van der Waals surface area contributed by atoms with Crippen LogP contribution in [0.1, 0.15) is 12.5 Å². The number of nitrogens with one attached hydrogen (secondary N) is 1. The van der Waals surface area contributed by atoms with Gasteiger partial charge in [0.1, 0.15) is 6.61 Å². The number of nitrogens with zero attached hydrogens (tertiary/aromatic N) is 1. The molecule has 0 spiro atoms. The highest BCUT2D eigenvalue weighted by Gasteiger charge is 2.26. The summed E-state index contributed by atoms with van der Waals surface area (Å²) in [5.41, 5.74) is 3.12. The normalized spacial score (nSPS) is 15.7. The molecule has 0 bridgehead atoms. The molecule has 0 fully saturated rings. The molecule has 0 aromatic heterocycles. The molecule has 2 aromatic rings. The number of aromatic hydroxyl groups is 1. The molecule has 7 nitrogen and oxygen atoms in total. The first kappa shape index (κ1) is 18.3. The van der Waals surface area contributed by atoms with Gasteiger partial charge in [0.25, 0.3) is 5.91 Å². The largest absolute Gasteiger partial charge is 0.504 e. The second-order valence-corrected chi connectivity index (χ2v) is 6.54. The average Bonchev–Trinajstić information content (AvgIpc) is 2.65. The van der Waals surface area contributed by atoms with Crippen molar-refractivity contribution in [1.82, 2.24) is 5.43 Å². The van der Waals surface area contributed by atoms with E-state index in [1.165, 1.54) is 6.21 Å². The molecule has 3 rings (SSSR count). The Morgan fingerprint density at radius 3 is 2.96 bits per heavy atom. The van der Waals surface area contributed by atoms with Crippen molar-refractivity contribution in [2.75, 3.05) is 13.2 Å². The van der Waals surface area contributed by atoms with Gasteiger partial charge in [-0.15, -0.1) is 0 Å². The summed E-state index contributed by atoms with van der Waals surface area (Å²) < 4.78 is 17.1. The molecular weight excluding hydrogens is 451 g/mol. The van der Waals surface area contributed by atoms with Crippen molar-refractivity contribution in [1.29, 1.82) is 0 Å². The third kappa shape index (κ3) is 4.18. The molecule has 0 aliphatic carbocycles. The quantitative estimate of drug-likeness (QED) is 0.400. The number of phenolic OH excluding ortho intramolecular Hbond substituents is 1. The number of ether oxygens (including phenoxy) is 3. The molecule has 2 aromatic carbocycles. The Morgan fingerprint density at radius 2 is 2.19 bits per heavy atom. The van der Waals surface area contributed by atoms with Crippen LogP contribution < -0.4 is 19.6 Å². The third-order valence-corrected chi connectivity index (χ3v) is 4.36. The van der Waals surface area contributed by atoms with Gasteiger partial charge in [0.05, 0.1) is 16.4 Å². The minimum atomic E-state index is -0.777. The summed E-state index contributed by atoms with van der Waals surface area (Å²) in [5.74, 6) is 1.18. The number of hydrazone groups is 1. The van der Waals surface area contributed by atoms with Crippen LogP contribution in [0.2, 0.25) is 0 Å². The number of carbonyl (C=O) groups excluding carboxylic acids is 1. The lowest BCUT2D eigenvalue weighted by Gasteiger charge is -2.24. The zero-order valence-electron chi connectivity index (χ0n) is 13.9. The number of carbonyl (C=O) groups is 1. The summed E-state index contributed by atoms with van der Waals surface area (Å²) in [7, 11) is 0. The number of fused-ring (bicyclic) bond motifs is 1. The Labute approximate surface area is 164 Å². The summed E-state index contributed by atoms with van der Waals surface area (Å²) in [6.07, 6.45) is 0.695. The average molecular weight is 468 g/mol. The summed E-state index contributed by atoms with van der Waals surface area (Å²) in [6.45, 7) is 2.38. The van der Waals surface area contributed by atoms with Gasteiger partial charge in [-0.05, 0) is 59.3 Å². The summed E-state index contributed by atoms with van der Waals surface area (Å²) >= 11 is 2.00. The van der Waals surface area contributed by atoms with E-state index in [-0.39, 0.29) is 12.4 Å². The number of halogens is 1. The fourth-order valence-electron chi connectivity index (χ4n) is 2.33. The first-order valence-electron chi connectivity index (χ1n) is 7.95. The van der Waals surface area contributed by atoms with Crippen LogP contribution in [0.15, 0.2) is 41.5 Å². The molecule has 26 heavy (non-hydrogen) atoms. The van der Waals surface area contributed by atoms with Crippen LogP contribution in [0.5, 0.6) is 23.0 Å². The van der Waals surface area contributed by atoms with Crippen molar-refractivity contribution < 1.29 is 24.1 Å². The van der Waals surface area contributed by atoms with Gasteiger partial charge in [0, 0.05) is 0 Å². The van der Waals surface area contributed by atoms with Crippen molar-refractivity contribution >= 4 is 34.7 Å². The summed E-state index contributed by atoms with van der Waals surface area (Å²) in [5, 5.41) is 13.9. The van der Waals surface area contributed by atoms with Crippen molar-refractivity contribution in [2.24, 2.45) is 5.10 Å². The van der Waals surface area contributed by atoms with Crippen molar-refractivity contribution in [3.8, 4) is 23.0 Å². The van der Waals surface area contributed by atoms with E-state index in [9.17, 15) is 9.90 Å². The molecule has 8 heteroatoms. The van der Waals surface area contributed by atoms with Crippen LogP contribution in [0.25, 0.3) is 0 Å². The Balaban J connectivity index is 1.63. The summed E-state index contributed by atoms with van der Waals surface area (Å²) in [6, 6.07) is 10.5. The van der Waals surface area contributed by atoms with E-state index in [2.05, 4.69) is 10.5 Å². The number of para-hydroxylation sites is 2. The smallest absolute Gasteiger partial charge is 0.284 e. The molecule has 1 heterocycles. The SMILES string of the molecule is CCOc1cc(/C=N\NC(=O)[C@@H]2COc3ccccc3O2)cc(I)c1O. The van der Waals surface area contributed by atoms with Gasteiger partial charge in [-0.3, -0.25) is 4.79 Å². The predicted octanol–water partition coefficient (Wildman–Crippen LogP) is 2.69. The van der Waals surface area contributed by atoms with Crippen LogP contribution in [-0.4, -0.2) is 36.5 Å². The van der Waals surface area contributed by atoms with E-state index in [4.69, 9.17) is 14.2 Å². The number of rotatable bonds is 5. The van der Waals surface area contributed by atoms with Crippen molar-refractivity contribution in [3.05, 3.63) is 45.5 Å². The maximum atomic E-state index is 12.2. The number of benzene rings is 2. The molecular formula is C18H17IN2O5.